The van der Waals surface area contributed by atoms with E-state index in [4.69, 9.17) is 14.6 Å². The number of aromatic nitrogens is 4. The second kappa shape index (κ2) is 10.2. The molecule has 35 heavy (non-hydrogen) atoms. The number of anilines is 2. The van der Waals surface area contributed by atoms with Crippen LogP contribution >= 0.6 is 0 Å². The van der Waals surface area contributed by atoms with Gasteiger partial charge < -0.3 is 29.6 Å². The van der Waals surface area contributed by atoms with E-state index < -0.39 is 0 Å². The van der Waals surface area contributed by atoms with Crippen LogP contribution < -0.4 is 10.2 Å². The first kappa shape index (κ1) is 23.6. The number of imidazole rings is 1. The Labute approximate surface area is 203 Å². The van der Waals surface area contributed by atoms with Gasteiger partial charge in [-0.15, -0.1) is 0 Å². The van der Waals surface area contributed by atoms with Crippen LogP contribution in [-0.2, 0) is 9.47 Å². The lowest BCUT2D eigenvalue weighted by atomic mass is 10.2. The predicted molar refractivity (Wildman–Crippen MR) is 131 cm³/mol. The molecule has 2 fully saturated rings. The van der Waals surface area contributed by atoms with Crippen LogP contribution in [0.3, 0.4) is 0 Å². The van der Waals surface area contributed by atoms with E-state index in [1.165, 1.54) is 6.07 Å². The minimum atomic E-state index is -0.325. The normalized spacial score (nSPS) is 18.7. The van der Waals surface area contributed by atoms with Gasteiger partial charge in [0.1, 0.15) is 12.0 Å². The Hall–Kier alpha value is -3.18. The van der Waals surface area contributed by atoms with E-state index in [0.29, 0.717) is 79.9 Å². The molecule has 3 aromatic rings. The minimum Gasteiger partial charge on any atom is -0.378 e. The summed E-state index contributed by atoms with van der Waals surface area (Å²) in [6.45, 7) is 8.14. The second-order valence-electron chi connectivity index (χ2n) is 8.80. The molecule has 11 heteroatoms. The van der Waals surface area contributed by atoms with Gasteiger partial charge in [0.2, 0.25) is 0 Å². The van der Waals surface area contributed by atoms with Gasteiger partial charge in [-0.1, -0.05) is 0 Å². The highest BCUT2D eigenvalue weighted by molar-refractivity contribution is 5.93. The number of carbonyl (C=O) groups is 1. The monoisotopic (exact) mass is 485 g/mol. The maximum atomic E-state index is 14.9. The minimum absolute atomic E-state index is 0.198. The van der Waals surface area contributed by atoms with E-state index in [9.17, 15) is 9.18 Å². The lowest BCUT2D eigenvalue weighted by Crippen LogP contribution is -2.36. The van der Waals surface area contributed by atoms with Gasteiger partial charge in [0.15, 0.2) is 11.5 Å². The highest BCUT2D eigenvalue weighted by atomic mass is 19.1. The summed E-state index contributed by atoms with van der Waals surface area (Å²) in [7, 11) is 0. The molecule has 10 nitrogen and oxygen atoms in total. The van der Waals surface area contributed by atoms with Gasteiger partial charge in [0, 0.05) is 38.9 Å². The van der Waals surface area contributed by atoms with Crippen LogP contribution in [0.1, 0.15) is 39.3 Å². The van der Waals surface area contributed by atoms with Crippen molar-refractivity contribution >= 4 is 28.4 Å². The summed E-state index contributed by atoms with van der Waals surface area (Å²) in [6, 6.07) is 3.01. The van der Waals surface area contributed by atoms with Crippen LogP contribution in [0.2, 0.25) is 0 Å². The van der Waals surface area contributed by atoms with E-state index in [1.807, 2.05) is 18.7 Å². The summed E-state index contributed by atoms with van der Waals surface area (Å²) in [4.78, 5) is 24.4. The average Bonchev–Trinajstić information content (AvgIpc) is 3.49. The van der Waals surface area contributed by atoms with Gasteiger partial charge in [-0.05, 0) is 39.2 Å². The van der Waals surface area contributed by atoms with Crippen LogP contribution in [0.4, 0.5) is 20.6 Å². The van der Waals surface area contributed by atoms with Crippen molar-refractivity contribution in [2.45, 2.75) is 39.3 Å². The Kier molecular flexibility index (Phi) is 6.87. The molecule has 2 N–H and O–H groups in total. The van der Waals surface area contributed by atoms with Gasteiger partial charge in [-0.2, -0.15) is 5.10 Å². The van der Waals surface area contributed by atoms with Crippen molar-refractivity contribution in [3.8, 4) is 11.5 Å². The molecule has 5 rings (SSSR count). The number of carbonyl (C=O) groups excluding carboxylic acids is 1. The average molecular weight is 486 g/mol. The maximum absolute atomic E-state index is 14.9. The topological polar surface area (TPSA) is 101 Å². The molecular formula is C24H32FN7O3. The smallest absolute Gasteiger partial charge is 0.321 e. The summed E-state index contributed by atoms with van der Waals surface area (Å²) in [5, 5.41) is 7.72. The number of nitrogens with one attached hydrogen (secondary N) is 2. The zero-order valence-electron chi connectivity index (χ0n) is 20.2. The molecule has 188 valence electrons. The molecule has 2 saturated heterocycles. The largest absolute Gasteiger partial charge is 0.378 e. The molecule has 4 heterocycles. The van der Waals surface area contributed by atoms with E-state index in [0.717, 1.165) is 19.3 Å². The van der Waals surface area contributed by atoms with Gasteiger partial charge in [-0.25, -0.2) is 18.9 Å². The number of nitrogens with zero attached hydrogens (tertiary/aromatic N) is 5. The lowest BCUT2D eigenvalue weighted by Gasteiger charge is -2.29. The number of benzene rings is 1. The number of morpholine rings is 1. The highest BCUT2D eigenvalue weighted by Crippen LogP contribution is 2.32. The van der Waals surface area contributed by atoms with Crippen molar-refractivity contribution in [2.75, 3.05) is 56.2 Å². The Morgan fingerprint density at radius 1 is 1.23 bits per heavy atom. The summed E-state index contributed by atoms with van der Waals surface area (Å²) < 4.78 is 28.0. The Morgan fingerprint density at radius 2 is 2.03 bits per heavy atom. The second-order valence-corrected chi connectivity index (χ2v) is 8.80. The fourth-order valence-corrected chi connectivity index (χ4v) is 4.62. The van der Waals surface area contributed by atoms with Crippen LogP contribution in [0.5, 0.6) is 0 Å². The van der Waals surface area contributed by atoms with Crippen LogP contribution in [0, 0.1) is 5.82 Å². The predicted octanol–water partition coefficient (Wildman–Crippen LogP) is 3.97. The standard InChI is InChI=1S/C24H32FN7O3/c1-3-30(4-2)24(33)28-19-15-32(21-7-5-6-10-35-21)29-22(19)23-26-17-13-16(25)20(14-18(17)27-23)31-8-11-34-12-9-31/h13-15,21H,3-12H2,1-2H3,(H,26,27)(H,28,33). The van der Waals surface area contributed by atoms with E-state index in [1.54, 1.807) is 21.8 Å². The fourth-order valence-electron chi connectivity index (χ4n) is 4.62. The van der Waals surface area contributed by atoms with Crippen molar-refractivity contribution < 1.29 is 18.7 Å². The zero-order valence-corrected chi connectivity index (χ0v) is 20.2. The number of halogens is 1. The molecule has 1 unspecified atom stereocenters. The van der Waals surface area contributed by atoms with Crippen molar-refractivity contribution in [3.05, 3.63) is 24.1 Å². The number of fused-ring (bicyclic) bond motifs is 1. The molecule has 0 radical (unpaired) electrons. The number of ether oxygens (including phenoxy) is 2. The summed E-state index contributed by atoms with van der Waals surface area (Å²) in [5.41, 5.74) is 2.74. The summed E-state index contributed by atoms with van der Waals surface area (Å²) >= 11 is 0. The molecule has 2 aliphatic rings. The molecule has 0 spiro atoms. The Morgan fingerprint density at radius 3 is 2.74 bits per heavy atom. The lowest BCUT2D eigenvalue weighted by molar-refractivity contribution is -0.0393. The van der Waals surface area contributed by atoms with Crippen molar-refractivity contribution in [1.29, 1.82) is 0 Å². The Bertz CT molecular complexity index is 1180. The third-order valence-corrected chi connectivity index (χ3v) is 6.60. The number of aromatic amines is 1. The molecule has 2 amide bonds. The van der Waals surface area contributed by atoms with E-state index >= 15 is 0 Å². The summed E-state index contributed by atoms with van der Waals surface area (Å²) in [5.74, 6) is 0.136. The fraction of sp³-hybridized carbons (Fsp3) is 0.542. The Balaban J connectivity index is 1.51. The molecule has 2 aliphatic heterocycles. The third-order valence-electron chi connectivity index (χ3n) is 6.60. The van der Waals surface area contributed by atoms with E-state index in [-0.39, 0.29) is 18.1 Å². The molecule has 2 aromatic heterocycles. The molecule has 0 aliphatic carbocycles. The third kappa shape index (κ3) is 4.83. The van der Waals surface area contributed by atoms with Crippen LogP contribution in [0.15, 0.2) is 18.3 Å². The molecule has 0 bridgehead atoms. The number of amides is 2. The van der Waals surface area contributed by atoms with Crippen LogP contribution in [0.25, 0.3) is 22.6 Å². The number of rotatable bonds is 6. The molecule has 0 saturated carbocycles. The van der Waals surface area contributed by atoms with Crippen LogP contribution in [-0.4, -0.2) is 76.7 Å². The zero-order chi connectivity index (χ0) is 24.4. The van der Waals surface area contributed by atoms with Gasteiger partial charge in [0.25, 0.3) is 0 Å². The maximum Gasteiger partial charge on any atom is 0.321 e. The number of H-pyrrole nitrogens is 1. The number of urea groups is 1. The van der Waals surface area contributed by atoms with Crippen molar-refractivity contribution in [2.24, 2.45) is 0 Å². The first-order valence-corrected chi connectivity index (χ1v) is 12.4. The first-order valence-electron chi connectivity index (χ1n) is 12.4. The molecular weight excluding hydrogens is 453 g/mol. The number of hydrogen-bond acceptors (Lipinski definition) is 6. The van der Waals surface area contributed by atoms with E-state index in [2.05, 4.69) is 15.3 Å². The first-order chi connectivity index (χ1) is 17.1. The van der Waals surface area contributed by atoms with Gasteiger partial charge in [0.05, 0.1) is 41.8 Å². The molecule has 1 atom stereocenters. The highest BCUT2D eigenvalue weighted by Gasteiger charge is 2.24. The number of hydrogen-bond donors (Lipinski definition) is 2. The quantitative estimate of drug-likeness (QED) is 0.548. The van der Waals surface area contributed by atoms with Gasteiger partial charge >= 0.3 is 6.03 Å². The van der Waals surface area contributed by atoms with Gasteiger partial charge in [-0.3, -0.25) is 0 Å². The van der Waals surface area contributed by atoms with Crippen molar-refractivity contribution in [3.63, 3.8) is 0 Å². The van der Waals surface area contributed by atoms with Crippen molar-refractivity contribution in [1.82, 2.24) is 24.6 Å². The SMILES string of the molecule is CCN(CC)C(=O)Nc1cn(C2CCCCO2)nc1-c1nc2cc(F)c(N3CCOCC3)cc2[nH]1. The summed E-state index contributed by atoms with van der Waals surface area (Å²) in [6.07, 6.45) is 4.51. The molecule has 1 aromatic carbocycles.